The van der Waals surface area contributed by atoms with Gasteiger partial charge in [-0.25, -0.2) is 13.2 Å². The number of rotatable bonds is 3. The second-order valence-corrected chi connectivity index (χ2v) is 10.6. The Labute approximate surface area is 200 Å². The van der Waals surface area contributed by atoms with E-state index in [9.17, 15) is 55.4 Å². The predicted octanol–water partition coefficient (Wildman–Crippen LogP) is 6.27. The van der Waals surface area contributed by atoms with Gasteiger partial charge in [-0.1, -0.05) is 31.6 Å². The van der Waals surface area contributed by atoms with Crippen molar-refractivity contribution in [3.63, 3.8) is 0 Å². The summed E-state index contributed by atoms with van der Waals surface area (Å²) >= 11 is 0. The molecule has 2 atom stereocenters. The number of alkyl halides is 3. The maximum absolute atomic E-state index is 14.8. The molecule has 0 spiro atoms. The van der Waals surface area contributed by atoms with Crippen LogP contribution < -0.4 is 5.32 Å². The molecule has 1 saturated heterocycles. The summed E-state index contributed by atoms with van der Waals surface area (Å²) < 4.78 is 146. The average Bonchev–Trinajstić information content (AvgIpc) is 2.72. The molecule has 2 amide bonds. The number of benzene rings is 2. The van der Waals surface area contributed by atoms with Crippen molar-refractivity contribution in [1.29, 1.82) is 0 Å². The molecule has 0 radical (unpaired) electrons. The van der Waals surface area contributed by atoms with E-state index in [0.717, 1.165) is 14.0 Å². The standard InChI is InChI=1S/C20H14F11N3O2S/c1-19(11-7-13(22)14(23)8-12(11)21)15(9-3-5-10(6-4-9)37(27,28,29,30)31)16(35)34(2)18(33-19)32-17(36)20(24,25)26/h3-8,15H,1-2H3,(H,32,33,36)/t15-,19+/m0/s1. The lowest BCUT2D eigenvalue weighted by Crippen LogP contribution is -2.63. The van der Waals surface area contributed by atoms with Crippen LogP contribution in [0.2, 0.25) is 0 Å². The molecule has 5 nitrogen and oxygen atoms in total. The van der Waals surface area contributed by atoms with Gasteiger partial charge in [0.1, 0.15) is 10.7 Å². The van der Waals surface area contributed by atoms with Gasteiger partial charge in [0, 0.05) is 18.7 Å². The van der Waals surface area contributed by atoms with Crippen molar-refractivity contribution in [2.75, 3.05) is 7.05 Å². The summed E-state index contributed by atoms with van der Waals surface area (Å²) in [5.74, 6) is -12.0. The second kappa shape index (κ2) is 7.82. The van der Waals surface area contributed by atoms with Crippen molar-refractivity contribution in [3.8, 4) is 0 Å². The van der Waals surface area contributed by atoms with Crippen LogP contribution in [0, 0.1) is 17.5 Å². The molecule has 3 rings (SSSR count). The van der Waals surface area contributed by atoms with Crippen molar-refractivity contribution >= 4 is 28.0 Å². The van der Waals surface area contributed by atoms with Crippen molar-refractivity contribution < 1.29 is 55.4 Å². The number of hydrogen-bond donors (Lipinski definition) is 1. The first-order chi connectivity index (χ1) is 16.5. The zero-order chi connectivity index (χ0) is 28.4. The van der Waals surface area contributed by atoms with Gasteiger partial charge < -0.3 is 5.32 Å². The molecule has 0 aromatic heterocycles. The summed E-state index contributed by atoms with van der Waals surface area (Å²) in [5.41, 5.74) is -3.83. The van der Waals surface area contributed by atoms with Gasteiger partial charge >= 0.3 is 22.3 Å². The molecule has 0 unspecified atom stereocenters. The van der Waals surface area contributed by atoms with E-state index in [1.807, 2.05) is 0 Å². The molecule has 1 N–H and O–H groups in total. The van der Waals surface area contributed by atoms with Gasteiger partial charge in [0.05, 0.1) is 11.5 Å². The van der Waals surface area contributed by atoms with Crippen molar-refractivity contribution in [3.05, 3.63) is 65.0 Å². The summed E-state index contributed by atoms with van der Waals surface area (Å²) in [6, 6.07) is 1.00. The smallest absolute Gasteiger partial charge is 0.345 e. The van der Waals surface area contributed by atoms with E-state index < -0.39 is 79.1 Å². The fourth-order valence-electron chi connectivity index (χ4n) is 3.73. The lowest BCUT2D eigenvalue weighted by Gasteiger charge is -2.46. The molecule has 37 heavy (non-hydrogen) atoms. The number of aliphatic imine (C=N–C) groups is 1. The lowest BCUT2D eigenvalue weighted by molar-refractivity contribution is -0.169. The Bertz CT molecular complexity index is 1330. The Morgan fingerprint density at radius 1 is 0.973 bits per heavy atom. The molecule has 1 fully saturated rings. The number of carbonyl (C=O) groups excluding carboxylic acids is 2. The SMILES string of the molecule is CN1C(=O)[C@H](c2ccc(S(F)(F)(F)(F)F)cc2)[C@@](C)(c2cc(F)c(F)cc2F)N/C1=N/C(=O)C(F)(F)F. The highest BCUT2D eigenvalue weighted by Gasteiger charge is 2.65. The van der Waals surface area contributed by atoms with Gasteiger partial charge in [-0.15, -0.1) is 0 Å². The molecule has 204 valence electrons. The number of nitrogens with zero attached hydrogens (tertiary/aromatic N) is 2. The summed E-state index contributed by atoms with van der Waals surface area (Å²) in [6.07, 6.45) is -5.51. The number of nitrogens with one attached hydrogen (secondary N) is 1. The molecular weight excluding hydrogens is 555 g/mol. The third-order valence-corrected chi connectivity index (χ3v) is 6.69. The minimum atomic E-state index is -10.1. The first-order valence-electron chi connectivity index (χ1n) is 9.70. The monoisotopic (exact) mass is 569 g/mol. The molecule has 2 aromatic carbocycles. The molecule has 1 heterocycles. The number of guanidine groups is 1. The van der Waals surface area contributed by atoms with Gasteiger partial charge in [-0.05, 0) is 30.7 Å². The molecule has 2 aromatic rings. The predicted molar refractivity (Wildman–Crippen MR) is 109 cm³/mol. The minimum Gasteiger partial charge on any atom is -0.345 e. The molecule has 1 aliphatic rings. The number of hydrogen-bond acceptors (Lipinski definition) is 2. The van der Waals surface area contributed by atoms with Crippen LogP contribution in [-0.4, -0.2) is 35.9 Å². The molecule has 0 bridgehead atoms. The minimum absolute atomic E-state index is 0.0341. The van der Waals surface area contributed by atoms with Crippen LogP contribution in [0.1, 0.15) is 24.0 Å². The summed E-state index contributed by atoms with van der Waals surface area (Å²) in [5, 5.41) is 2.17. The summed E-state index contributed by atoms with van der Waals surface area (Å²) in [4.78, 5) is 25.3. The van der Waals surface area contributed by atoms with E-state index in [1.54, 1.807) is 0 Å². The zero-order valence-corrected chi connectivity index (χ0v) is 19.1. The van der Waals surface area contributed by atoms with Crippen LogP contribution in [0.4, 0.5) is 45.8 Å². The molecule has 0 aliphatic carbocycles. The third-order valence-electron chi connectivity index (χ3n) is 5.52. The van der Waals surface area contributed by atoms with Gasteiger partial charge in [0.2, 0.25) is 11.9 Å². The van der Waals surface area contributed by atoms with Crippen molar-refractivity contribution in [1.82, 2.24) is 10.2 Å². The lowest BCUT2D eigenvalue weighted by atomic mass is 9.73. The summed E-state index contributed by atoms with van der Waals surface area (Å²) in [7, 11) is -9.35. The number of carbonyl (C=O) groups is 2. The fraction of sp³-hybridized carbons (Fsp3) is 0.250. The van der Waals surface area contributed by atoms with Crippen molar-refractivity contribution in [2.45, 2.75) is 29.5 Å². The number of likely N-dealkylation sites (N-methyl/N-ethyl adjacent to an activating group) is 1. The molecule has 0 saturated carbocycles. The fourth-order valence-corrected chi connectivity index (χ4v) is 4.38. The number of amides is 2. The Morgan fingerprint density at radius 3 is 1.97 bits per heavy atom. The van der Waals surface area contributed by atoms with Gasteiger partial charge in [0.15, 0.2) is 11.6 Å². The van der Waals surface area contributed by atoms with E-state index in [4.69, 9.17) is 0 Å². The summed E-state index contributed by atoms with van der Waals surface area (Å²) in [6.45, 7) is 0.879. The average molecular weight is 569 g/mol. The van der Waals surface area contributed by atoms with Gasteiger partial charge in [-0.3, -0.25) is 14.5 Å². The van der Waals surface area contributed by atoms with Crippen LogP contribution in [0.15, 0.2) is 46.3 Å². The topological polar surface area (TPSA) is 61.8 Å². The Balaban J connectivity index is 2.26. The quantitative estimate of drug-likeness (QED) is 0.351. The van der Waals surface area contributed by atoms with Crippen LogP contribution in [0.5, 0.6) is 0 Å². The Kier molecular flexibility index (Phi) is 5.96. The van der Waals surface area contributed by atoms with E-state index >= 15 is 0 Å². The van der Waals surface area contributed by atoms with Crippen LogP contribution in [-0.2, 0) is 15.1 Å². The van der Waals surface area contributed by atoms with Crippen LogP contribution in [0.25, 0.3) is 0 Å². The second-order valence-electron chi connectivity index (χ2n) is 8.18. The van der Waals surface area contributed by atoms with E-state index in [0.29, 0.717) is 17.0 Å². The zero-order valence-electron chi connectivity index (χ0n) is 18.3. The number of halogens is 11. The van der Waals surface area contributed by atoms with Gasteiger partial charge in [0.25, 0.3) is 0 Å². The molecule has 17 heteroatoms. The highest BCUT2D eigenvalue weighted by atomic mass is 32.5. The first-order valence-corrected chi connectivity index (χ1v) is 11.7. The maximum Gasteiger partial charge on any atom is 0.473 e. The van der Waals surface area contributed by atoms with Gasteiger partial charge in [-0.2, -0.15) is 18.2 Å². The highest BCUT2D eigenvalue weighted by Crippen LogP contribution is 3.02. The Hall–Kier alpha value is -3.37. The van der Waals surface area contributed by atoms with E-state index in [1.165, 1.54) is 0 Å². The third kappa shape index (κ3) is 5.35. The van der Waals surface area contributed by atoms with Crippen LogP contribution in [0.3, 0.4) is 0 Å². The van der Waals surface area contributed by atoms with Crippen LogP contribution >= 0.6 is 10.2 Å². The van der Waals surface area contributed by atoms with E-state index in [-0.39, 0.29) is 24.3 Å². The van der Waals surface area contributed by atoms with Crippen molar-refractivity contribution in [2.24, 2.45) is 4.99 Å². The normalized spacial score (nSPS) is 23.9. The van der Waals surface area contributed by atoms with E-state index in [2.05, 4.69) is 10.3 Å². The molecular formula is C20H14F11N3O2S. The maximum atomic E-state index is 14.8. The first kappa shape index (κ1) is 28.2. The largest absolute Gasteiger partial charge is 0.473 e. The highest BCUT2D eigenvalue weighted by molar-refractivity contribution is 8.45. The molecule has 1 aliphatic heterocycles. The Morgan fingerprint density at radius 2 is 1.49 bits per heavy atom.